The van der Waals surface area contributed by atoms with E-state index < -0.39 is 0 Å². The Bertz CT molecular complexity index is 776. The smallest absolute Gasteiger partial charge is 0.194 e. The summed E-state index contributed by atoms with van der Waals surface area (Å²) in [6, 6.07) is 10.2. The number of imidazole rings is 1. The Kier molecular flexibility index (Phi) is 8.31. The zero-order chi connectivity index (χ0) is 19.2. The molecule has 0 saturated carbocycles. The molecule has 2 atom stereocenters. The van der Waals surface area contributed by atoms with E-state index in [1.165, 1.54) is 0 Å². The highest BCUT2D eigenvalue weighted by Gasteiger charge is 2.32. The monoisotopic (exact) mass is 511 g/mol. The van der Waals surface area contributed by atoms with Gasteiger partial charge in [0.25, 0.3) is 0 Å². The summed E-state index contributed by atoms with van der Waals surface area (Å²) >= 11 is 0. The molecule has 2 saturated heterocycles. The predicted molar refractivity (Wildman–Crippen MR) is 125 cm³/mol. The molecule has 1 aromatic heterocycles. The second-order valence-corrected chi connectivity index (χ2v) is 7.19. The molecular formula is C21H30IN5O2. The average molecular weight is 511 g/mol. The Morgan fingerprint density at radius 1 is 1.24 bits per heavy atom. The van der Waals surface area contributed by atoms with E-state index in [0.717, 1.165) is 62.1 Å². The summed E-state index contributed by atoms with van der Waals surface area (Å²) in [7, 11) is 0. The van der Waals surface area contributed by atoms with Crippen molar-refractivity contribution in [1.29, 1.82) is 0 Å². The van der Waals surface area contributed by atoms with Crippen LogP contribution >= 0.6 is 24.0 Å². The van der Waals surface area contributed by atoms with Crippen molar-refractivity contribution in [3.63, 3.8) is 0 Å². The highest BCUT2D eigenvalue weighted by atomic mass is 127. The molecule has 2 unspecified atom stereocenters. The van der Waals surface area contributed by atoms with Crippen molar-refractivity contribution >= 4 is 29.9 Å². The molecular weight excluding hydrogens is 481 g/mol. The van der Waals surface area contributed by atoms with Crippen LogP contribution in [-0.2, 0) is 16.0 Å². The van der Waals surface area contributed by atoms with Crippen molar-refractivity contribution in [2.75, 3.05) is 32.8 Å². The number of benzene rings is 1. The van der Waals surface area contributed by atoms with Crippen LogP contribution in [0.4, 0.5) is 0 Å². The van der Waals surface area contributed by atoms with Gasteiger partial charge in [0.15, 0.2) is 5.96 Å². The van der Waals surface area contributed by atoms with Gasteiger partial charge in [0.1, 0.15) is 18.5 Å². The molecule has 7 nitrogen and oxygen atoms in total. The Balaban J connectivity index is 0.00000240. The van der Waals surface area contributed by atoms with Gasteiger partial charge < -0.3 is 24.7 Å². The maximum absolute atomic E-state index is 5.97. The van der Waals surface area contributed by atoms with Crippen LogP contribution in [0.2, 0.25) is 0 Å². The SMILES string of the molecule is CCNC(=NCc1ncc(-c2ccccc2)[nH]1)N1CCOC(C2CCCO2)C1.I. The molecule has 0 spiro atoms. The molecule has 0 radical (unpaired) electrons. The third-order valence-electron chi connectivity index (χ3n) is 5.20. The molecule has 8 heteroatoms. The van der Waals surface area contributed by atoms with Crippen LogP contribution in [0.5, 0.6) is 0 Å². The number of morpholine rings is 1. The lowest BCUT2D eigenvalue weighted by atomic mass is 10.1. The van der Waals surface area contributed by atoms with Crippen molar-refractivity contribution in [3.05, 3.63) is 42.4 Å². The first-order chi connectivity index (χ1) is 13.8. The molecule has 2 aliphatic heterocycles. The molecule has 0 amide bonds. The molecule has 3 heterocycles. The molecule has 0 aliphatic carbocycles. The molecule has 2 fully saturated rings. The van der Waals surface area contributed by atoms with Gasteiger partial charge in [-0.15, -0.1) is 24.0 Å². The van der Waals surface area contributed by atoms with Crippen LogP contribution in [0.15, 0.2) is 41.5 Å². The number of nitrogens with zero attached hydrogens (tertiary/aromatic N) is 3. The summed E-state index contributed by atoms with van der Waals surface area (Å²) in [4.78, 5) is 15.0. The van der Waals surface area contributed by atoms with E-state index in [1.54, 1.807) is 0 Å². The highest BCUT2D eigenvalue weighted by molar-refractivity contribution is 14.0. The normalized spacial score (nSPS) is 22.4. The average Bonchev–Trinajstić information content (AvgIpc) is 3.44. The summed E-state index contributed by atoms with van der Waals surface area (Å²) in [5.41, 5.74) is 2.14. The summed E-state index contributed by atoms with van der Waals surface area (Å²) in [5.74, 6) is 1.77. The molecule has 158 valence electrons. The van der Waals surface area contributed by atoms with Gasteiger partial charge in [-0.3, -0.25) is 0 Å². The summed E-state index contributed by atoms with van der Waals surface area (Å²) in [6.07, 6.45) is 4.41. The summed E-state index contributed by atoms with van der Waals surface area (Å²) in [6.45, 7) is 6.63. The van der Waals surface area contributed by atoms with Crippen LogP contribution in [0, 0.1) is 0 Å². The van der Waals surface area contributed by atoms with Crippen molar-refractivity contribution in [2.24, 2.45) is 4.99 Å². The summed E-state index contributed by atoms with van der Waals surface area (Å²) in [5, 5.41) is 3.41. The van der Waals surface area contributed by atoms with Gasteiger partial charge in [-0.2, -0.15) is 0 Å². The van der Waals surface area contributed by atoms with Crippen LogP contribution in [0.3, 0.4) is 0 Å². The first-order valence-electron chi connectivity index (χ1n) is 10.2. The van der Waals surface area contributed by atoms with Gasteiger partial charge in [0.2, 0.25) is 0 Å². The predicted octanol–water partition coefficient (Wildman–Crippen LogP) is 3.04. The van der Waals surface area contributed by atoms with E-state index in [-0.39, 0.29) is 36.2 Å². The highest BCUT2D eigenvalue weighted by Crippen LogP contribution is 2.21. The fourth-order valence-electron chi connectivity index (χ4n) is 3.77. The van der Waals surface area contributed by atoms with Crippen LogP contribution in [-0.4, -0.2) is 65.9 Å². The van der Waals surface area contributed by atoms with Crippen molar-refractivity contribution in [2.45, 2.75) is 38.5 Å². The lowest BCUT2D eigenvalue weighted by Gasteiger charge is -2.37. The molecule has 1 aromatic carbocycles. The van der Waals surface area contributed by atoms with Crippen LogP contribution in [0.25, 0.3) is 11.3 Å². The Morgan fingerprint density at radius 3 is 2.83 bits per heavy atom. The van der Waals surface area contributed by atoms with Crippen molar-refractivity contribution in [3.8, 4) is 11.3 Å². The first kappa shape index (κ1) is 22.0. The Hall–Kier alpha value is -1.65. The maximum Gasteiger partial charge on any atom is 0.194 e. The second-order valence-electron chi connectivity index (χ2n) is 7.19. The third kappa shape index (κ3) is 5.70. The van der Waals surface area contributed by atoms with Crippen molar-refractivity contribution < 1.29 is 9.47 Å². The Morgan fingerprint density at radius 2 is 2.07 bits per heavy atom. The van der Waals surface area contributed by atoms with Gasteiger partial charge in [-0.1, -0.05) is 30.3 Å². The number of H-pyrrole nitrogens is 1. The third-order valence-corrected chi connectivity index (χ3v) is 5.20. The number of halogens is 1. The van der Waals surface area contributed by atoms with Gasteiger partial charge >= 0.3 is 0 Å². The zero-order valence-electron chi connectivity index (χ0n) is 16.8. The number of aliphatic imine (C=N–C) groups is 1. The number of hydrogen-bond acceptors (Lipinski definition) is 4. The van der Waals surface area contributed by atoms with E-state index in [2.05, 4.69) is 39.2 Å². The van der Waals surface area contributed by atoms with Crippen molar-refractivity contribution in [1.82, 2.24) is 20.2 Å². The van der Waals surface area contributed by atoms with Gasteiger partial charge in [0.05, 0.1) is 24.6 Å². The molecule has 0 bridgehead atoms. The molecule has 29 heavy (non-hydrogen) atoms. The fourth-order valence-corrected chi connectivity index (χ4v) is 3.77. The quantitative estimate of drug-likeness (QED) is 0.367. The fraction of sp³-hybridized carbons (Fsp3) is 0.524. The number of aromatic amines is 1. The lowest BCUT2D eigenvalue weighted by Crippen LogP contribution is -2.53. The lowest BCUT2D eigenvalue weighted by molar-refractivity contribution is -0.0817. The molecule has 2 N–H and O–H groups in total. The second kappa shape index (κ2) is 10.9. The topological polar surface area (TPSA) is 74.8 Å². The molecule has 4 rings (SSSR count). The minimum Gasteiger partial charge on any atom is -0.375 e. The van der Waals surface area contributed by atoms with E-state index in [9.17, 15) is 0 Å². The molecule has 2 aromatic rings. The van der Waals surface area contributed by atoms with Gasteiger partial charge in [0, 0.05) is 26.2 Å². The number of ether oxygens (including phenoxy) is 2. The minimum absolute atomic E-state index is 0. The van der Waals surface area contributed by atoms with Gasteiger partial charge in [-0.05, 0) is 25.3 Å². The number of rotatable bonds is 5. The number of guanidine groups is 1. The van der Waals surface area contributed by atoms with Crippen LogP contribution < -0.4 is 5.32 Å². The number of nitrogens with one attached hydrogen (secondary N) is 2. The zero-order valence-corrected chi connectivity index (χ0v) is 19.2. The standard InChI is InChI=1S/C21H29N5O2.HI/c1-2-22-21(26-10-12-28-19(15-26)18-9-6-11-27-18)24-14-20-23-13-17(25-20)16-7-4-3-5-8-16;/h3-5,7-8,13,18-19H,2,6,9-12,14-15H2,1H3,(H,22,24)(H,23,25);1H. The van der Waals surface area contributed by atoms with E-state index in [0.29, 0.717) is 13.2 Å². The molecule has 2 aliphatic rings. The maximum atomic E-state index is 5.97. The van der Waals surface area contributed by atoms with E-state index >= 15 is 0 Å². The minimum atomic E-state index is 0. The van der Waals surface area contributed by atoms with E-state index in [1.807, 2.05) is 24.4 Å². The Labute approximate surface area is 189 Å². The largest absolute Gasteiger partial charge is 0.375 e. The van der Waals surface area contributed by atoms with E-state index in [4.69, 9.17) is 14.5 Å². The number of aromatic nitrogens is 2. The summed E-state index contributed by atoms with van der Waals surface area (Å²) < 4.78 is 11.8. The van der Waals surface area contributed by atoms with Crippen LogP contribution in [0.1, 0.15) is 25.6 Å². The first-order valence-corrected chi connectivity index (χ1v) is 10.2. The van der Waals surface area contributed by atoms with Gasteiger partial charge in [-0.25, -0.2) is 9.98 Å². The number of hydrogen-bond donors (Lipinski definition) is 2.